The van der Waals surface area contributed by atoms with Crippen LogP contribution in [0.15, 0.2) is 54.9 Å². The smallest absolute Gasteiger partial charge is 0.417 e. The fourth-order valence-electron chi connectivity index (χ4n) is 6.20. The molecule has 10 nitrogen and oxygen atoms in total. The number of hydrogen-bond acceptors (Lipinski definition) is 6. The predicted octanol–water partition coefficient (Wildman–Crippen LogP) is 5.14. The van der Waals surface area contributed by atoms with Crippen LogP contribution in [0, 0.1) is 11.6 Å². The van der Waals surface area contributed by atoms with Crippen molar-refractivity contribution in [3.63, 3.8) is 0 Å². The van der Waals surface area contributed by atoms with Gasteiger partial charge in [-0.2, -0.15) is 17.5 Å². The first-order valence-corrected chi connectivity index (χ1v) is 16.9. The summed E-state index contributed by atoms with van der Waals surface area (Å²) in [6.45, 7) is 0.627. The highest BCUT2D eigenvalue weighted by atomic mass is 35.5. The highest BCUT2D eigenvalue weighted by Crippen LogP contribution is 2.36. The van der Waals surface area contributed by atoms with Crippen molar-refractivity contribution < 1.29 is 45.1 Å². The van der Waals surface area contributed by atoms with E-state index in [-0.39, 0.29) is 58.6 Å². The summed E-state index contributed by atoms with van der Waals surface area (Å²) < 4.78 is 98.1. The Morgan fingerprint density at radius 2 is 1.88 bits per heavy atom. The van der Waals surface area contributed by atoms with Gasteiger partial charge in [-0.15, -0.1) is 0 Å². The van der Waals surface area contributed by atoms with Gasteiger partial charge in [-0.25, -0.2) is 22.0 Å². The summed E-state index contributed by atoms with van der Waals surface area (Å²) in [5, 5.41) is 17.2. The van der Waals surface area contributed by atoms with Crippen molar-refractivity contribution in [1.82, 2.24) is 19.9 Å². The highest BCUT2D eigenvalue weighted by Gasteiger charge is 2.39. The number of carbonyl (C=O) groups excluding carboxylic acids is 1. The molecule has 4 N–H and O–H groups in total. The Kier molecular flexibility index (Phi) is 10.6. The number of hydrogen-bond donors (Lipinski definition) is 4. The molecule has 5 atom stereocenters. The predicted molar refractivity (Wildman–Crippen MR) is 166 cm³/mol. The third-order valence-electron chi connectivity index (χ3n) is 8.51. The zero-order valence-electron chi connectivity index (χ0n) is 25.1. The number of pyridine rings is 1. The van der Waals surface area contributed by atoms with Crippen LogP contribution in [0.4, 0.5) is 32.4 Å². The summed E-state index contributed by atoms with van der Waals surface area (Å²) in [7, 11) is -3.53. The quantitative estimate of drug-likeness (QED) is 0.225. The number of piperazine rings is 1. The number of carbonyl (C=O) groups is 2. The second-order valence-electron chi connectivity index (χ2n) is 11.7. The molecule has 5 unspecified atom stereocenters. The first kappa shape index (κ1) is 35.4. The van der Waals surface area contributed by atoms with Crippen molar-refractivity contribution in [1.29, 1.82) is 0 Å². The summed E-state index contributed by atoms with van der Waals surface area (Å²) >= 11 is 5.82. The first-order valence-electron chi connectivity index (χ1n) is 14.9. The molecule has 3 aromatic rings. The lowest BCUT2D eigenvalue weighted by molar-refractivity contribution is -0.137. The molecule has 0 spiro atoms. The Balaban J connectivity index is 1.48. The van der Waals surface area contributed by atoms with E-state index in [4.69, 9.17) is 11.6 Å². The van der Waals surface area contributed by atoms with Crippen molar-refractivity contribution in [2.45, 2.75) is 55.9 Å². The highest BCUT2D eigenvalue weighted by molar-refractivity contribution is 7.89. The number of rotatable bonds is 9. The lowest BCUT2D eigenvalue weighted by Crippen LogP contribution is -2.57. The van der Waals surface area contributed by atoms with Crippen molar-refractivity contribution in [3.05, 3.63) is 93.8 Å². The van der Waals surface area contributed by atoms with Crippen LogP contribution >= 0.6 is 11.6 Å². The van der Waals surface area contributed by atoms with Gasteiger partial charge in [0.15, 0.2) is 0 Å². The van der Waals surface area contributed by atoms with Gasteiger partial charge in [-0.1, -0.05) is 23.7 Å². The molecule has 17 heteroatoms. The molecule has 0 saturated carbocycles. The molecule has 0 radical (unpaired) electrons. The van der Waals surface area contributed by atoms with Crippen LogP contribution in [0.3, 0.4) is 0 Å². The Hall–Kier alpha value is -3.86. The van der Waals surface area contributed by atoms with Gasteiger partial charge in [-0.3, -0.25) is 9.78 Å². The van der Waals surface area contributed by atoms with E-state index in [1.807, 2.05) is 5.32 Å². The van der Waals surface area contributed by atoms with Crippen LogP contribution < -0.4 is 16.0 Å². The molecule has 0 aliphatic carbocycles. The van der Waals surface area contributed by atoms with Gasteiger partial charge in [0.25, 0.3) is 0 Å². The second kappa shape index (κ2) is 14.3. The largest absolute Gasteiger partial charge is 0.465 e. The molecule has 2 bridgehead atoms. The lowest BCUT2D eigenvalue weighted by atomic mass is 9.84. The number of sulfonamides is 1. The number of alkyl halides is 3. The van der Waals surface area contributed by atoms with Gasteiger partial charge < -0.3 is 21.1 Å². The van der Waals surface area contributed by atoms with Crippen LogP contribution in [0.1, 0.15) is 47.4 Å². The molecule has 3 heterocycles. The average Bonchev–Trinajstić information content (AvgIpc) is 3.13. The van der Waals surface area contributed by atoms with E-state index in [2.05, 4.69) is 15.6 Å². The van der Waals surface area contributed by atoms with Crippen LogP contribution in [-0.2, 0) is 27.4 Å². The van der Waals surface area contributed by atoms with Crippen molar-refractivity contribution >= 4 is 39.3 Å². The molecule has 258 valence electrons. The second-order valence-corrected chi connectivity index (χ2v) is 14.1. The SMILES string of the molecule is O=C(O)NC(C(=O)Nc1cccc(F)c1CCC1CNC2CCCS(=O)(=O)N1C2)C(c1cncc(C(F)(F)F)c1)c1ccc(Cl)c(F)c1. The lowest BCUT2D eigenvalue weighted by Gasteiger charge is -2.37. The Morgan fingerprint density at radius 1 is 1.10 bits per heavy atom. The Morgan fingerprint density at radius 3 is 2.58 bits per heavy atom. The number of halogens is 6. The fourth-order valence-corrected chi connectivity index (χ4v) is 8.12. The molecule has 2 saturated heterocycles. The summed E-state index contributed by atoms with van der Waals surface area (Å²) in [5.74, 6) is -4.36. The average molecular weight is 716 g/mol. The maximum atomic E-state index is 15.3. The zero-order chi connectivity index (χ0) is 34.8. The molecule has 2 aliphatic rings. The molecule has 1 aromatic heterocycles. The first-order chi connectivity index (χ1) is 22.6. The number of fused-ring (bicyclic) bond motifs is 2. The van der Waals surface area contributed by atoms with Gasteiger partial charge in [0.2, 0.25) is 15.9 Å². The van der Waals surface area contributed by atoms with Gasteiger partial charge in [0.05, 0.1) is 16.3 Å². The standard InChI is InChI=1S/C31H31ClF5N5O5S/c32-23-9-6-17(12-25(23)34)27(18-11-19(14-38-13-18)31(35,36)37)28(41-30(44)45)29(43)40-26-5-1-4-24(33)22(26)8-7-21-15-39-20-3-2-10-48(46,47)42(21)16-20/h1,4-6,9,11-14,20-21,27-28,39,41H,2-3,7-8,10,15-16H2,(H,40,43)(H,44,45). The van der Waals surface area contributed by atoms with Crippen molar-refractivity contribution in [2.24, 2.45) is 0 Å². The van der Waals surface area contributed by atoms with Gasteiger partial charge in [-0.05, 0) is 67.1 Å². The minimum atomic E-state index is -4.85. The molecule has 2 fully saturated rings. The minimum Gasteiger partial charge on any atom is -0.465 e. The van der Waals surface area contributed by atoms with Gasteiger partial charge >= 0.3 is 12.3 Å². The molecular weight excluding hydrogens is 685 g/mol. The topological polar surface area (TPSA) is 141 Å². The number of nitrogens with one attached hydrogen (secondary N) is 3. The number of amides is 2. The maximum Gasteiger partial charge on any atom is 0.417 e. The summed E-state index contributed by atoms with van der Waals surface area (Å²) in [6, 6.07) is 5.29. The third-order valence-corrected chi connectivity index (χ3v) is 10.8. The zero-order valence-corrected chi connectivity index (χ0v) is 26.7. The number of benzene rings is 2. The summed E-state index contributed by atoms with van der Waals surface area (Å²) in [6.07, 6.45) is -3.67. The molecule has 5 rings (SSSR count). The summed E-state index contributed by atoms with van der Waals surface area (Å²) in [4.78, 5) is 29.5. The molecule has 2 aromatic carbocycles. The number of nitrogens with zero attached hydrogens (tertiary/aromatic N) is 2. The fraction of sp³-hybridized carbons (Fsp3) is 0.387. The van der Waals surface area contributed by atoms with E-state index in [1.165, 1.54) is 22.5 Å². The van der Waals surface area contributed by atoms with E-state index in [1.54, 1.807) is 0 Å². The Bertz CT molecular complexity index is 1800. The normalized spacial score (nSPS) is 21.8. The van der Waals surface area contributed by atoms with Gasteiger partial charge in [0.1, 0.15) is 17.7 Å². The monoisotopic (exact) mass is 715 g/mol. The molecular formula is C31H31ClF5N5O5S. The van der Waals surface area contributed by atoms with Crippen molar-refractivity contribution in [3.8, 4) is 0 Å². The molecule has 48 heavy (non-hydrogen) atoms. The van der Waals surface area contributed by atoms with Crippen LogP contribution in [0.5, 0.6) is 0 Å². The number of aromatic nitrogens is 1. The van der Waals surface area contributed by atoms with Crippen LogP contribution in [0.25, 0.3) is 0 Å². The Labute approximate surface area is 277 Å². The van der Waals surface area contributed by atoms with E-state index < -0.39 is 63.4 Å². The van der Waals surface area contributed by atoms with Crippen molar-refractivity contribution in [2.75, 3.05) is 24.2 Å². The van der Waals surface area contributed by atoms with E-state index >= 15 is 4.39 Å². The minimum absolute atomic E-state index is 0.000729. The van der Waals surface area contributed by atoms with E-state index in [0.717, 1.165) is 24.4 Å². The maximum absolute atomic E-state index is 15.3. The number of carboxylic acid groups (broad SMARTS) is 1. The van der Waals surface area contributed by atoms with Crippen LogP contribution in [0.2, 0.25) is 5.02 Å². The molecule has 2 aliphatic heterocycles. The third kappa shape index (κ3) is 8.05. The summed E-state index contributed by atoms with van der Waals surface area (Å²) in [5.41, 5.74) is -1.64. The van der Waals surface area contributed by atoms with E-state index in [0.29, 0.717) is 31.6 Å². The van der Waals surface area contributed by atoms with E-state index in [9.17, 15) is 40.7 Å². The van der Waals surface area contributed by atoms with Gasteiger partial charge in [0, 0.05) is 54.7 Å². The molecule has 2 amide bonds. The number of anilines is 1. The van der Waals surface area contributed by atoms with Crippen LogP contribution in [-0.4, -0.2) is 71.8 Å².